The summed E-state index contributed by atoms with van der Waals surface area (Å²) in [7, 11) is 0. The average Bonchev–Trinajstić information content (AvgIpc) is 3.13. The zero-order chi connectivity index (χ0) is 17.9. The van der Waals surface area contributed by atoms with E-state index in [1.165, 1.54) is 0 Å². The zero-order valence-electron chi connectivity index (χ0n) is 14.3. The molecule has 4 bridgehead atoms. The number of nitrogens with one attached hydrogen (secondary N) is 2. The van der Waals surface area contributed by atoms with Crippen LogP contribution in [0.2, 0.25) is 0 Å². The quantitative estimate of drug-likeness (QED) is 0.364. The van der Waals surface area contributed by atoms with Gasteiger partial charge in [0.2, 0.25) is 0 Å². The Morgan fingerprint density at radius 1 is 1.19 bits per heavy atom. The molecular formula is C18H21N5O2S. The van der Waals surface area contributed by atoms with Gasteiger partial charge in [-0.05, 0) is 42.7 Å². The number of carbonyl (C=O) groups excluding carboxylic acids is 2. The van der Waals surface area contributed by atoms with Crippen LogP contribution in [0.25, 0.3) is 0 Å². The zero-order valence-corrected chi connectivity index (χ0v) is 15.2. The third kappa shape index (κ3) is 3.55. The minimum atomic E-state index is -0.496. The molecule has 0 aliphatic carbocycles. The number of aromatic nitrogens is 1. The van der Waals surface area contributed by atoms with Crippen molar-refractivity contribution in [2.75, 3.05) is 25.0 Å². The molecule has 7 nitrogen and oxygen atoms in total. The molecule has 4 rings (SSSR count). The van der Waals surface area contributed by atoms with E-state index in [2.05, 4.69) is 25.5 Å². The Bertz CT molecular complexity index is 833. The monoisotopic (exact) mass is 371 g/mol. The number of pyridine rings is 1. The first-order valence-corrected chi connectivity index (χ1v) is 9.79. The molecule has 1 unspecified atom stereocenters. The Morgan fingerprint density at radius 3 is 3.04 bits per heavy atom. The Labute approximate surface area is 155 Å². The third-order valence-corrected chi connectivity index (χ3v) is 5.73. The number of carbonyl (C=O) groups is 2. The minimum Gasteiger partial charge on any atom is -0.370 e. The first kappa shape index (κ1) is 17.0. The standard InChI is InChI=1S/C18H21N5O2S/c24-17-13-4-1-5-14(21-13)19-7-2-3-12-6-9-23(11-12)16-15(18(25)22-17)26-10-8-20-16/h1,4-5,8,10,12,26H,2-3,6-7,9,11H2,(H,19,21)(H,22,24,25). The minimum absolute atomic E-state index is 0.224. The lowest BCUT2D eigenvalue weighted by Gasteiger charge is -2.23. The van der Waals surface area contributed by atoms with Crippen LogP contribution in [0.4, 0.5) is 5.82 Å². The summed E-state index contributed by atoms with van der Waals surface area (Å²) in [5.74, 6) is 1.04. The molecule has 3 aliphatic rings. The molecule has 136 valence electrons. The highest BCUT2D eigenvalue weighted by Gasteiger charge is 2.30. The molecule has 1 aromatic rings. The largest absolute Gasteiger partial charge is 0.370 e. The number of nitrogens with zero attached hydrogens (tertiary/aromatic N) is 3. The van der Waals surface area contributed by atoms with Gasteiger partial charge in [0.1, 0.15) is 22.2 Å². The molecule has 4 heterocycles. The van der Waals surface area contributed by atoms with Gasteiger partial charge in [-0.25, -0.2) is 9.98 Å². The van der Waals surface area contributed by atoms with Crippen molar-refractivity contribution in [2.45, 2.75) is 19.3 Å². The van der Waals surface area contributed by atoms with Gasteiger partial charge < -0.3 is 10.2 Å². The number of hydrogen-bond acceptors (Lipinski definition) is 6. The third-order valence-electron chi connectivity index (χ3n) is 4.78. The first-order chi connectivity index (χ1) is 12.7. The van der Waals surface area contributed by atoms with Crippen molar-refractivity contribution < 1.29 is 9.59 Å². The van der Waals surface area contributed by atoms with Gasteiger partial charge in [0.25, 0.3) is 11.8 Å². The predicted molar refractivity (Wildman–Crippen MR) is 105 cm³/mol. The molecule has 26 heavy (non-hydrogen) atoms. The van der Waals surface area contributed by atoms with Crippen LogP contribution in [-0.2, 0) is 4.79 Å². The van der Waals surface area contributed by atoms with Gasteiger partial charge in [-0.2, -0.15) is 11.4 Å². The van der Waals surface area contributed by atoms with Gasteiger partial charge in [-0.3, -0.25) is 14.9 Å². The fourth-order valence-electron chi connectivity index (χ4n) is 3.48. The number of fused-ring (bicyclic) bond motifs is 6. The second-order valence-corrected chi connectivity index (χ2v) is 7.59. The first-order valence-electron chi connectivity index (χ1n) is 8.83. The highest BCUT2D eigenvalue weighted by atomic mass is 32.1. The van der Waals surface area contributed by atoms with Crippen LogP contribution in [0.1, 0.15) is 29.8 Å². The maximum absolute atomic E-state index is 12.7. The topological polar surface area (TPSA) is 86.7 Å². The van der Waals surface area contributed by atoms with Crippen molar-refractivity contribution in [3.63, 3.8) is 0 Å². The highest BCUT2D eigenvalue weighted by Crippen LogP contribution is 2.23. The Balaban J connectivity index is 1.64. The van der Waals surface area contributed by atoms with E-state index in [-0.39, 0.29) is 5.69 Å². The van der Waals surface area contributed by atoms with E-state index in [4.69, 9.17) is 0 Å². The normalized spacial score (nSPS) is 23.4. The predicted octanol–water partition coefficient (Wildman–Crippen LogP) is 1.39. The SMILES string of the molecule is O=C1NC(=O)c2cccc(n2)NCCCC2CCN(C2)C2=NC=C[SH]=C12. The molecule has 0 saturated carbocycles. The van der Waals surface area contributed by atoms with Gasteiger partial charge >= 0.3 is 0 Å². The second kappa shape index (κ2) is 7.41. The number of aliphatic imine (C=N–C) groups is 1. The Hall–Kier alpha value is -2.48. The van der Waals surface area contributed by atoms with Crippen molar-refractivity contribution >= 4 is 39.7 Å². The number of imide groups is 1. The molecular weight excluding hydrogens is 350 g/mol. The number of rotatable bonds is 0. The lowest BCUT2D eigenvalue weighted by atomic mass is 10.0. The maximum Gasteiger partial charge on any atom is 0.276 e. The molecule has 0 radical (unpaired) electrons. The van der Waals surface area contributed by atoms with E-state index < -0.39 is 11.8 Å². The van der Waals surface area contributed by atoms with Gasteiger partial charge in [0, 0.05) is 25.8 Å². The van der Waals surface area contributed by atoms with Crippen LogP contribution in [0.3, 0.4) is 0 Å². The van der Waals surface area contributed by atoms with Crippen LogP contribution in [0.5, 0.6) is 0 Å². The summed E-state index contributed by atoms with van der Waals surface area (Å²) in [4.78, 5) is 36.6. The molecule has 2 amide bonds. The van der Waals surface area contributed by atoms with Crippen molar-refractivity contribution in [3.05, 3.63) is 35.5 Å². The van der Waals surface area contributed by atoms with Gasteiger partial charge in [-0.15, -0.1) is 0 Å². The molecule has 1 atom stereocenters. The summed E-state index contributed by atoms with van der Waals surface area (Å²) in [6.07, 6.45) is 4.98. The molecule has 0 aromatic carbocycles. The summed E-state index contributed by atoms with van der Waals surface area (Å²) in [6.45, 7) is 2.61. The average molecular weight is 371 g/mol. The second-order valence-electron chi connectivity index (χ2n) is 6.59. The van der Waals surface area contributed by atoms with Crippen molar-refractivity contribution in [3.8, 4) is 0 Å². The Morgan fingerprint density at radius 2 is 2.12 bits per heavy atom. The van der Waals surface area contributed by atoms with Gasteiger partial charge in [0.05, 0.1) is 0 Å². The summed E-state index contributed by atoms with van der Waals surface area (Å²) in [5.41, 5.74) is 0.224. The van der Waals surface area contributed by atoms with E-state index in [0.29, 0.717) is 22.4 Å². The van der Waals surface area contributed by atoms with Crippen molar-refractivity contribution in [1.29, 1.82) is 0 Å². The number of anilines is 1. The lowest BCUT2D eigenvalue weighted by molar-refractivity contribution is -0.113. The van der Waals surface area contributed by atoms with Crippen LogP contribution in [0.15, 0.2) is 34.8 Å². The number of amidine groups is 1. The maximum atomic E-state index is 12.7. The lowest BCUT2D eigenvalue weighted by Crippen LogP contribution is -2.45. The fraction of sp³-hybridized carbons (Fsp3) is 0.389. The fourth-order valence-corrected chi connectivity index (χ4v) is 4.25. The van der Waals surface area contributed by atoms with E-state index >= 15 is 0 Å². The van der Waals surface area contributed by atoms with Gasteiger partial charge in [-0.1, -0.05) is 6.07 Å². The number of amides is 2. The molecule has 1 saturated heterocycles. The molecule has 2 N–H and O–H groups in total. The molecule has 0 spiro atoms. The summed E-state index contributed by atoms with van der Waals surface area (Å²) in [5, 5.41) is 7.54. The Kier molecular flexibility index (Phi) is 4.83. The van der Waals surface area contributed by atoms with E-state index in [1.807, 2.05) is 11.5 Å². The summed E-state index contributed by atoms with van der Waals surface area (Å²) >= 11 is 0.754. The smallest absolute Gasteiger partial charge is 0.276 e. The summed E-state index contributed by atoms with van der Waals surface area (Å²) in [6, 6.07) is 5.20. The molecule has 1 aromatic heterocycles. The number of hydrogen-bond donors (Lipinski definition) is 3. The molecule has 8 heteroatoms. The van der Waals surface area contributed by atoms with Crippen LogP contribution in [-0.4, -0.2) is 52.0 Å². The van der Waals surface area contributed by atoms with Crippen molar-refractivity contribution in [2.24, 2.45) is 10.9 Å². The van der Waals surface area contributed by atoms with Crippen LogP contribution >= 0.6 is 11.4 Å². The van der Waals surface area contributed by atoms with E-state index in [0.717, 1.165) is 50.2 Å². The van der Waals surface area contributed by atoms with Crippen LogP contribution in [0, 0.1) is 5.92 Å². The van der Waals surface area contributed by atoms with E-state index in [1.54, 1.807) is 18.3 Å². The number of thiol groups is 1. The molecule has 1 fully saturated rings. The van der Waals surface area contributed by atoms with Crippen molar-refractivity contribution in [1.82, 2.24) is 15.2 Å². The van der Waals surface area contributed by atoms with E-state index in [9.17, 15) is 9.59 Å². The highest BCUT2D eigenvalue weighted by molar-refractivity contribution is 8.04. The van der Waals surface area contributed by atoms with Crippen LogP contribution < -0.4 is 10.6 Å². The molecule has 3 aliphatic heterocycles. The summed E-state index contributed by atoms with van der Waals surface area (Å²) < 4.78 is 0. The van der Waals surface area contributed by atoms with Gasteiger partial charge in [0.15, 0.2) is 0 Å².